The van der Waals surface area contributed by atoms with Crippen molar-refractivity contribution >= 4 is 17.9 Å². The van der Waals surface area contributed by atoms with Gasteiger partial charge >= 0.3 is 23.7 Å². The predicted octanol–water partition coefficient (Wildman–Crippen LogP) is -3.19. The van der Waals surface area contributed by atoms with Crippen LogP contribution in [-0.4, -0.2) is 76.1 Å². The molecule has 2 rings (SSSR count). The van der Waals surface area contributed by atoms with E-state index in [9.17, 15) is 34.8 Å². The zero-order chi connectivity index (χ0) is 16.6. The van der Waals surface area contributed by atoms with E-state index >= 15 is 0 Å². The molecule has 2 heterocycles. The van der Waals surface area contributed by atoms with E-state index in [1.807, 2.05) is 0 Å². The van der Waals surface area contributed by atoms with Crippen molar-refractivity contribution in [1.82, 2.24) is 0 Å². The molecule has 0 aromatic heterocycles. The number of hydrogen-bond acceptors (Lipinski definition) is 10. The number of ether oxygens (including phenoxy) is 3. The Hall–Kier alpha value is -1.75. The summed E-state index contributed by atoms with van der Waals surface area (Å²) in [4.78, 5) is 35.6. The molecule has 10 heteroatoms. The summed E-state index contributed by atoms with van der Waals surface area (Å²) in [5, 5.41) is 38.6. The van der Waals surface area contributed by atoms with Gasteiger partial charge in [0.2, 0.25) is 0 Å². The minimum atomic E-state index is -2.47. The van der Waals surface area contributed by atoms with Gasteiger partial charge in [0.1, 0.15) is 5.41 Å². The summed E-state index contributed by atoms with van der Waals surface area (Å²) in [7, 11) is 0. The van der Waals surface area contributed by atoms with Crippen molar-refractivity contribution in [3.8, 4) is 0 Å². The maximum atomic E-state index is 12.1. The van der Waals surface area contributed by atoms with Crippen LogP contribution in [0, 0.1) is 5.41 Å². The first-order valence-corrected chi connectivity index (χ1v) is 6.42. The average Bonchev–Trinajstić information content (AvgIpc) is 2.51. The van der Waals surface area contributed by atoms with Gasteiger partial charge in [-0.3, -0.25) is 9.59 Å². The van der Waals surface area contributed by atoms with Crippen LogP contribution in [0.4, 0.5) is 0 Å². The molecule has 2 saturated heterocycles. The highest BCUT2D eigenvalue weighted by molar-refractivity contribution is 5.92. The third kappa shape index (κ3) is 2.33. The SMILES string of the molecule is O=C1CC2(O)CC(=O)OC(C(CO)(CO)CO)(CO1)OC2=O. The Labute approximate surface area is 124 Å². The summed E-state index contributed by atoms with van der Waals surface area (Å²) >= 11 is 0. The molecule has 2 aliphatic heterocycles. The fourth-order valence-corrected chi connectivity index (χ4v) is 2.34. The number of aliphatic hydroxyl groups is 4. The predicted molar refractivity (Wildman–Crippen MR) is 63.7 cm³/mol. The third-order valence-electron chi connectivity index (χ3n) is 3.93. The lowest BCUT2D eigenvalue weighted by Gasteiger charge is -2.44. The van der Waals surface area contributed by atoms with E-state index in [4.69, 9.17) is 14.2 Å². The fourth-order valence-electron chi connectivity index (χ4n) is 2.34. The highest BCUT2D eigenvalue weighted by Gasteiger charge is 2.64. The standard InChI is InChI=1S/C12H16O10/c13-3-10(4-14,5-15)12-6-20-7(16)1-11(19,9(18)22-12)2-8(17)21-12/h13-15,19H,1-6H2. The molecule has 2 atom stereocenters. The Morgan fingerprint density at radius 1 is 0.955 bits per heavy atom. The lowest BCUT2D eigenvalue weighted by molar-refractivity contribution is -0.307. The summed E-state index contributed by atoms with van der Waals surface area (Å²) in [5.41, 5.74) is -4.50. The number of carbonyl (C=O) groups is 3. The normalized spacial score (nSPS) is 32.5. The molecule has 124 valence electrons. The van der Waals surface area contributed by atoms with Crippen LogP contribution < -0.4 is 0 Å². The van der Waals surface area contributed by atoms with E-state index < -0.39 is 74.0 Å². The molecule has 0 radical (unpaired) electrons. The molecule has 0 aromatic rings. The second-order valence-corrected chi connectivity index (χ2v) is 5.42. The lowest BCUT2D eigenvalue weighted by atomic mass is 9.81. The first-order valence-electron chi connectivity index (χ1n) is 6.42. The van der Waals surface area contributed by atoms with Crippen molar-refractivity contribution < 1.29 is 49.0 Å². The number of esters is 3. The molecule has 2 unspecified atom stereocenters. The van der Waals surface area contributed by atoms with Crippen LogP contribution in [-0.2, 0) is 28.6 Å². The zero-order valence-corrected chi connectivity index (χ0v) is 11.5. The second kappa shape index (κ2) is 5.47. The summed E-state index contributed by atoms with van der Waals surface area (Å²) in [5.74, 6) is -5.88. The number of fused-ring (bicyclic) bond motifs is 3. The van der Waals surface area contributed by atoms with Crippen molar-refractivity contribution in [2.24, 2.45) is 5.41 Å². The number of aliphatic hydroxyl groups excluding tert-OH is 3. The van der Waals surface area contributed by atoms with Gasteiger partial charge < -0.3 is 34.6 Å². The summed E-state index contributed by atoms with van der Waals surface area (Å²) in [6.45, 7) is -3.68. The number of rotatable bonds is 4. The van der Waals surface area contributed by atoms with Crippen LogP contribution in [0.2, 0.25) is 0 Å². The molecular weight excluding hydrogens is 304 g/mol. The van der Waals surface area contributed by atoms with Gasteiger partial charge in [-0.25, -0.2) is 4.79 Å². The van der Waals surface area contributed by atoms with E-state index in [1.54, 1.807) is 0 Å². The van der Waals surface area contributed by atoms with Crippen molar-refractivity contribution in [2.75, 3.05) is 26.4 Å². The summed E-state index contributed by atoms with van der Waals surface area (Å²) in [6, 6.07) is 0. The zero-order valence-electron chi connectivity index (χ0n) is 11.5. The number of cyclic esters (lactones) is 1. The van der Waals surface area contributed by atoms with Crippen molar-refractivity contribution in [2.45, 2.75) is 24.2 Å². The smallest absolute Gasteiger partial charge is 0.342 e. The Morgan fingerprint density at radius 2 is 1.50 bits per heavy atom. The number of hydrogen-bond donors (Lipinski definition) is 4. The van der Waals surface area contributed by atoms with Gasteiger partial charge in [0.05, 0.1) is 32.7 Å². The summed E-state index contributed by atoms with van der Waals surface area (Å²) < 4.78 is 14.7. The molecule has 0 amide bonds. The Kier molecular flexibility index (Phi) is 4.13. The maximum absolute atomic E-state index is 12.1. The van der Waals surface area contributed by atoms with Crippen LogP contribution in [0.1, 0.15) is 12.8 Å². The molecule has 0 spiro atoms. The molecule has 0 aromatic carbocycles. The third-order valence-corrected chi connectivity index (χ3v) is 3.93. The maximum Gasteiger partial charge on any atom is 0.342 e. The fraction of sp³-hybridized carbons (Fsp3) is 0.750. The topological polar surface area (TPSA) is 160 Å². The van der Waals surface area contributed by atoms with Gasteiger partial charge in [-0.05, 0) is 0 Å². The Bertz CT molecular complexity index is 490. The van der Waals surface area contributed by atoms with Crippen molar-refractivity contribution in [1.29, 1.82) is 0 Å². The van der Waals surface area contributed by atoms with E-state index in [2.05, 4.69) is 0 Å². The molecule has 0 aliphatic carbocycles. The minimum Gasteiger partial charge on any atom is -0.457 e. The molecule has 2 fully saturated rings. The largest absolute Gasteiger partial charge is 0.457 e. The molecule has 0 saturated carbocycles. The van der Waals surface area contributed by atoms with Gasteiger partial charge in [0.25, 0.3) is 0 Å². The van der Waals surface area contributed by atoms with E-state index in [0.29, 0.717) is 0 Å². The van der Waals surface area contributed by atoms with Gasteiger partial charge in [-0.15, -0.1) is 0 Å². The van der Waals surface area contributed by atoms with Crippen molar-refractivity contribution in [3.05, 3.63) is 0 Å². The summed E-state index contributed by atoms with van der Waals surface area (Å²) in [6.07, 6.45) is -1.66. The second-order valence-electron chi connectivity index (χ2n) is 5.42. The molecule has 22 heavy (non-hydrogen) atoms. The van der Waals surface area contributed by atoms with Crippen LogP contribution in [0.25, 0.3) is 0 Å². The molecule has 10 nitrogen and oxygen atoms in total. The molecular formula is C12H16O10. The first kappa shape index (κ1) is 16.6. The monoisotopic (exact) mass is 320 g/mol. The van der Waals surface area contributed by atoms with Gasteiger partial charge in [-0.1, -0.05) is 0 Å². The van der Waals surface area contributed by atoms with Crippen molar-refractivity contribution in [3.63, 3.8) is 0 Å². The quantitative estimate of drug-likeness (QED) is 0.389. The average molecular weight is 320 g/mol. The van der Waals surface area contributed by atoms with Gasteiger partial charge in [-0.2, -0.15) is 0 Å². The highest BCUT2D eigenvalue weighted by atomic mass is 16.8. The van der Waals surface area contributed by atoms with E-state index in [0.717, 1.165) is 0 Å². The molecule has 2 bridgehead atoms. The van der Waals surface area contributed by atoms with Gasteiger partial charge in [0.15, 0.2) is 12.2 Å². The van der Waals surface area contributed by atoms with Crippen LogP contribution in [0.15, 0.2) is 0 Å². The first-order chi connectivity index (χ1) is 10.3. The van der Waals surface area contributed by atoms with Crippen LogP contribution >= 0.6 is 0 Å². The minimum absolute atomic E-state index is 0.804. The van der Waals surface area contributed by atoms with Crippen LogP contribution in [0.5, 0.6) is 0 Å². The molecule has 4 N–H and O–H groups in total. The van der Waals surface area contributed by atoms with E-state index in [-0.39, 0.29) is 0 Å². The lowest BCUT2D eigenvalue weighted by Crippen LogP contribution is -2.63. The Balaban J connectivity index is 2.59. The molecule has 2 aliphatic rings. The number of carbonyl (C=O) groups excluding carboxylic acids is 3. The Morgan fingerprint density at radius 3 is 2.05 bits per heavy atom. The highest BCUT2D eigenvalue weighted by Crippen LogP contribution is 2.42. The van der Waals surface area contributed by atoms with Crippen LogP contribution in [0.3, 0.4) is 0 Å². The van der Waals surface area contributed by atoms with E-state index in [1.165, 1.54) is 0 Å². The van der Waals surface area contributed by atoms with Gasteiger partial charge in [0, 0.05) is 0 Å².